The second kappa shape index (κ2) is 3.96. The Kier molecular flexibility index (Phi) is 2.41. The van der Waals surface area contributed by atoms with Crippen molar-refractivity contribution < 1.29 is 9.21 Å². The first-order valence-corrected chi connectivity index (χ1v) is 5.73. The number of likely N-dealkylation sites (N-methyl/N-ethyl adjacent to an activating group) is 1. The van der Waals surface area contributed by atoms with E-state index in [-0.39, 0.29) is 12.5 Å². The molecular weight excluding hydrogens is 230 g/mol. The number of anilines is 1. The Bertz CT molecular complexity index is 618. The van der Waals surface area contributed by atoms with Crippen molar-refractivity contribution >= 4 is 11.6 Å². The lowest BCUT2D eigenvalue weighted by atomic mass is 10.1. The normalized spacial score (nSPS) is 14.1. The highest BCUT2D eigenvalue weighted by Crippen LogP contribution is 2.32. The van der Waals surface area contributed by atoms with Gasteiger partial charge in [-0.1, -0.05) is 0 Å². The molecule has 2 N–H and O–H groups in total. The van der Waals surface area contributed by atoms with Crippen LogP contribution in [0.15, 0.2) is 28.8 Å². The summed E-state index contributed by atoms with van der Waals surface area (Å²) in [5, 5.41) is 0. The van der Waals surface area contributed by atoms with Crippen LogP contribution in [0.3, 0.4) is 0 Å². The molecule has 1 aromatic heterocycles. The minimum Gasteiger partial charge on any atom is -0.439 e. The fourth-order valence-corrected chi connectivity index (χ4v) is 2.16. The second-order valence-electron chi connectivity index (χ2n) is 4.30. The van der Waals surface area contributed by atoms with E-state index < -0.39 is 0 Å². The average Bonchev–Trinajstić information content (AvgIpc) is 2.95. The van der Waals surface area contributed by atoms with Gasteiger partial charge in [-0.25, -0.2) is 4.98 Å². The van der Waals surface area contributed by atoms with Crippen LogP contribution in [-0.4, -0.2) is 17.9 Å². The summed E-state index contributed by atoms with van der Waals surface area (Å²) in [4.78, 5) is 17.3. The van der Waals surface area contributed by atoms with Crippen LogP contribution in [0.4, 0.5) is 5.69 Å². The molecule has 0 bridgehead atoms. The molecule has 0 radical (unpaired) electrons. The van der Waals surface area contributed by atoms with Crippen molar-refractivity contribution in [2.45, 2.75) is 13.0 Å². The van der Waals surface area contributed by atoms with E-state index in [1.54, 1.807) is 18.1 Å². The van der Waals surface area contributed by atoms with Gasteiger partial charge in [-0.15, -0.1) is 0 Å². The number of benzene rings is 1. The van der Waals surface area contributed by atoms with E-state index in [0.29, 0.717) is 18.1 Å². The fraction of sp³-hybridized carbons (Fsp3) is 0.231. The van der Waals surface area contributed by atoms with Crippen LogP contribution in [0.2, 0.25) is 0 Å². The minimum absolute atomic E-state index is 0.113. The van der Waals surface area contributed by atoms with Gasteiger partial charge in [-0.3, -0.25) is 4.79 Å². The number of carbonyl (C=O) groups is 1. The van der Waals surface area contributed by atoms with E-state index >= 15 is 0 Å². The summed E-state index contributed by atoms with van der Waals surface area (Å²) >= 11 is 0. The summed E-state index contributed by atoms with van der Waals surface area (Å²) < 4.78 is 5.50. The zero-order chi connectivity index (χ0) is 12.7. The molecule has 0 spiro atoms. The highest BCUT2D eigenvalue weighted by atomic mass is 16.4. The molecule has 1 aliphatic heterocycles. The molecule has 0 saturated heterocycles. The topological polar surface area (TPSA) is 72.4 Å². The quantitative estimate of drug-likeness (QED) is 0.863. The Morgan fingerprint density at radius 2 is 2.33 bits per heavy atom. The first-order chi connectivity index (χ1) is 8.69. The molecule has 0 saturated carbocycles. The lowest BCUT2D eigenvalue weighted by molar-refractivity contribution is -0.117. The molecule has 92 valence electrons. The van der Waals surface area contributed by atoms with E-state index in [1.807, 2.05) is 18.2 Å². The molecule has 0 fully saturated rings. The van der Waals surface area contributed by atoms with Crippen LogP contribution < -0.4 is 10.6 Å². The Hall–Kier alpha value is -2.14. The minimum atomic E-state index is 0.113. The molecule has 0 aliphatic carbocycles. The summed E-state index contributed by atoms with van der Waals surface area (Å²) in [6.45, 7) is 0.284. The third-order valence-electron chi connectivity index (χ3n) is 3.17. The van der Waals surface area contributed by atoms with E-state index in [4.69, 9.17) is 10.2 Å². The number of hydrogen-bond acceptors (Lipinski definition) is 4. The average molecular weight is 243 g/mol. The SMILES string of the molecule is CN1C(=O)Cc2cc(-c3cnc(CN)o3)ccc21. The molecule has 5 nitrogen and oxygen atoms in total. The van der Waals surface area contributed by atoms with Crippen LogP contribution in [0.25, 0.3) is 11.3 Å². The van der Waals surface area contributed by atoms with Gasteiger partial charge in [0.1, 0.15) is 0 Å². The van der Waals surface area contributed by atoms with Gasteiger partial charge in [0.25, 0.3) is 0 Å². The van der Waals surface area contributed by atoms with Gasteiger partial charge in [0.2, 0.25) is 11.8 Å². The van der Waals surface area contributed by atoms with Crippen LogP contribution in [0.5, 0.6) is 0 Å². The Labute approximate surface area is 104 Å². The molecule has 3 rings (SSSR count). The fourth-order valence-electron chi connectivity index (χ4n) is 2.16. The predicted octanol–water partition coefficient (Wildman–Crippen LogP) is 1.32. The molecule has 2 heterocycles. The van der Waals surface area contributed by atoms with Gasteiger partial charge < -0.3 is 15.1 Å². The second-order valence-corrected chi connectivity index (χ2v) is 4.30. The van der Waals surface area contributed by atoms with E-state index in [1.165, 1.54) is 0 Å². The van der Waals surface area contributed by atoms with Crippen molar-refractivity contribution in [3.8, 4) is 11.3 Å². The highest BCUT2D eigenvalue weighted by molar-refractivity contribution is 6.01. The molecule has 5 heteroatoms. The molecule has 1 aliphatic rings. The number of hydrogen-bond donors (Lipinski definition) is 1. The number of rotatable bonds is 2. The Morgan fingerprint density at radius 1 is 1.50 bits per heavy atom. The maximum atomic E-state index is 11.6. The number of fused-ring (bicyclic) bond motifs is 1. The van der Waals surface area contributed by atoms with E-state index in [9.17, 15) is 4.79 Å². The van der Waals surface area contributed by atoms with Crippen LogP contribution >= 0.6 is 0 Å². The standard InChI is InChI=1S/C13H13N3O2/c1-16-10-3-2-8(4-9(10)5-13(16)17)11-7-15-12(6-14)18-11/h2-4,7H,5-6,14H2,1H3. The van der Waals surface area contributed by atoms with Gasteiger partial charge in [0.15, 0.2) is 5.76 Å². The molecule has 2 aromatic rings. The number of nitrogens with zero attached hydrogens (tertiary/aromatic N) is 2. The zero-order valence-electron chi connectivity index (χ0n) is 10.0. The highest BCUT2D eigenvalue weighted by Gasteiger charge is 2.24. The van der Waals surface area contributed by atoms with Crippen molar-refractivity contribution in [3.05, 3.63) is 35.9 Å². The van der Waals surface area contributed by atoms with Gasteiger partial charge in [-0.2, -0.15) is 0 Å². The lowest BCUT2D eigenvalue weighted by Gasteiger charge is -2.09. The largest absolute Gasteiger partial charge is 0.439 e. The van der Waals surface area contributed by atoms with Crippen molar-refractivity contribution in [1.29, 1.82) is 0 Å². The molecular formula is C13H13N3O2. The maximum absolute atomic E-state index is 11.6. The third kappa shape index (κ3) is 1.60. The van der Waals surface area contributed by atoms with Crippen molar-refractivity contribution in [3.63, 3.8) is 0 Å². The third-order valence-corrected chi connectivity index (χ3v) is 3.17. The predicted molar refractivity (Wildman–Crippen MR) is 66.9 cm³/mol. The van der Waals surface area contributed by atoms with Gasteiger partial charge in [0.05, 0.1) is 19.2 Å². The van der Waals surface area contributed by atoms with Crippen LogP contribution in [0, 0.1) is 0 Å². The molecule has 0 unspecified atom stereocenters. The Morgan fingerprint density at radius 3 is 3.06 bits per heavy atom. The number of aromatic nitrogens is 1. The first kappa shape index (κ1) is 11.0. The molecule has 0 atom stereocenters. The number of carbonyl (C=O) groups excluding carboxylic acids is 1. The Balaban J connectivity index is 2.01. The monoisotopic (exact) mass is 243 g/mol. The van der Waals surface area contributed by atoms with Crippen LogP contribution in [0.1, 0.15) is 11.5 Å². The first-order valence-electron chi connectivity index (χ1n) is 5.73. The molecule has 1 amide bonds. The summed E-state index contributed by atoms with van der Waals surface area (Å²) in [5.74, 6) is 1.31. The number of nitrogens with two attached hydrogens (primary N) is 1. The van der Waals surface area contributed by atoms with E-state index in [2.05, 4.69) is 4.98 Å². The number of amides is 1. The van der Waals surface area contributed by atoms with Crippen LogP contribution in [-0.2, 0) is 17.8 Å². The maximum Gasteiger partial charge on any atom is 0.231 e. The zero-order valence-corrected chi connectivity index (χ0v) is 10.0. The van der Waals surface area contributed by atoms with Gasteiger partial charge >= 0.3 is 0 Å². The number of oxazole rings is 1. The molecule has 1 aromatic carbocycles. The van der Waals surface area contributed by atoms with Crippen molar-refractivity contribution in [2.24, 2.45) is 5.73 Å². The van der Waals surface area contributed by atoms with Crippen molar-refractivity contribution in [2.75, 3.05) is 11.9 Å². The van der Waals surface area contributed by atoms with E-state index in [0.717, 1.165) is 16.8 Å². The molecule has 18 heavy (non-hydrogen) atoms. The van der Waals surface area contributed by atoms with Crippen molar-refractivity contribution in [1.82, 2.24) is 4.98 Å². The van der Waals surface area contributed by atoms with Gasteiger partial charge in [0, 0.05) is 18.3 Å². The summed E-state index contributed by atoms with van der Waals surface area (Å²) in [7, 11) is 1.79. The van der Waals surface area contributed by atoms with Gasteiger partial charge in [-0.05, 0) is 23.8 Å². The summed E-state index contributed by atoms with van der Waals surface area (Å²) in [6.07, 6.45) is 2.10. The summed E-state index contributed by atoms with van der Waals surface area (Å²) in [5.41, 5.74) is 8.36. The lowest BCUT2D eigenvalue weighted by Crippen LogP contribution is -2.20. The smallest absolute Gasteiger partial charge is 0.231 e. The summed E-state index contributed by atoms with van der Waals surface area (Å²) in [6, 6.07) is 5.83.